The lowest BCUT2D eigenvalue weighted by atomic mass is 10.00. The first-order valence-electron chi connectivity index (χ1n) is 6.22. The van der Waals surface area contributed by atoms with E-state index in [-0.39, 0.29) is 0 Å². The minimum atomic E-state index is 0.521. The maximum Gasteiger partial charge on any atom is 0.137 e. The Morgan fingerprint density at radius 3 is 2.62 bits per heavy atom. The molecule has 92 valence electrons. The van der Waals surface area contributed by atoms with Crippen molar-refractivity contribution in [1.29, 1.82) is 0 Å². The predicted molar refractivity (Wildman–Crippen MR) is 66.2 cm³/mol. The lowest BCUT2D eigenvalue weighted by Crippen LogP contribution is -2.39. The summed E-state index contributed by atoms with van der Waals surface area (Å²) in [5.74, 6) is 0.730. The fraction of sp³-hybridized carbons (Fsp3) is 0.833. The van der Waals surface area contributed by atoms with Crippen LogP contribution in [0.2, 0.25) is 0 Å². The Balaban J connectivity index is 2.22. The van der Waals surface area contributed by atoms with Gasteiger partial charge in [0.25, 0.3) is 0 Å². The second-order valence-electron chi connectivity index (χ2n) is 4.69. The zero-order chi connectivity index (χ0) is 12.0. The SMILES string of the molecule is CCC(C)C(C)NC(C)CCn1cncn1. The first kappa shape index (κ1) is 13.2. The monoisotopic (exact) mass is 224 g/mol. The van der Waals surface area contributed by atoms with Crippen molar-refractivity contribution in [2.45, 2.75) is 59.2 Å². The molecule has 0 amide bonds. The Morgan fingerprint density at radius 2 is 2.06 bits per heavy atom. The number of hydrogen-bond acceptors (Lipinski definition) is 3. The normalized spacial score (nSPS) is 17.0. The molecular weight excluding hydrogens is 200 g/mol. The van der Waals surface area contributed by atoms with E-state index in [1.165, 1.54) is 6.42 Å². The summed E-state index contributed by atoms with van der Waals surface area (Å²) in [6, 6.07) is 1.10. The van der Waals surface area contributed by atoms with Crippen LogP contribution in [-0.4, -0.2) is 26.8 Å². The van der Waals surface area contributed by atoms with Crippen molar-refractivity contribution in [1.82, 2.24) is 20.1 Å². The van der Waals surface area contributed by atoms with Crippen LogP contribution in [0.5, 0.6) is 0 Å². The van der Waals surface area contributed by atoms with E-state index in [9.17, 15) is 0 Å². The van der Waals surface area contributed by atoms with Crippen molar-refractivity contribution in [2.24, 2.45) is 5.92 Å². The molecular formula is C12H24N4. The van der Waals surface area contributed by atoms with Gasteiger partial charge in [-0.15, -0.1) is 0 Å². The van der Waals surface area contributed by atoms with E-state index in [2.05, 4.69) is 43.1 Å². The maximum absolute atomic E-state index is 4.10. The smallest absolute Gasteiger partial charge is 0.137 e. The van der Waals surface area contributed by atoms with Gasteiger partial charge in [-0.25, -0.2) is 4.98 Å². The van der Waals surface area contributed by atoms with Gasteiger partial charge >= 0.3 is 0 Å². The summed E-state index contributed by atoms with van der Waals surface area (Å²) in [6.07, 6.45) is 5.67. The molecule has 3 atom stereocenters. The number of aromatic nitrogens is 3. The summed E-state index contributed by atoms with van der Waals surface area (Å²) in [7, 11) is 0. The molecule has 0 aromatic carbocycles. The minimum absolute atomic E-state index is 0.521. The van der Waals surface area contributed by atoms with Crippen molar-refractivity contribution in [2.75, 3.05) is 0 Å². The van der Waals surface area contributed by atoms with E-state index in [1.807, 2.05) is 4.68 Å². The fourth-order valence-electron chi connectivity index (χ4n) is 1.72. The number of nitrogens with one attached hydrogen (secondary N) is 1. The first-order valence-corrected chi connectivity index (χ1v) is 6.22. The molecule has 0 fully saturated rings. The first-order chi connectivity index (χ1) is 7.63. The second kappa shape index (κ2) is 6.63. The average Bonchev–Trinajstić information content (AvgIpc) is 2.78. The number of hydrogen-bond donors (Lipinski definition) is 1. The fourth-order valence-corrected chi connectivity index (χ4v) is 1.72. The van der Waals surface area contributed by atoms with Crippen LogP contribution in [-0.2, 0) is 6.54 Å². The van der Waals surface area contributed by atoms with Gasteiger partial charge in [-0.05, 0) is 26.2 Å². The highest BCUT2D eigenvalue weighted by Gasteiger charge is 2.12. The highest BCUT2D eigenvalue weighted by Crippen LogP contribution is 2.08. The van der Waals surface area contributed by atoms with Crippen LogP contribution in [0.3, 0.4) is 0 Å². The zero-order valence-electron chi connectivity index (χ0n) is 10.8. The summed E-state index contributed by atoms with van der Waals surface area (Å²) < 4.78 is 1.88. The number of rotatable bonds is 7. The molecule has 1 aromatic rings. The molecule has 16 heavy (non-hydrogen) atoms. The number of aryl methyl sites for hydroxylation is 1. The van der Waals surface area contributed by atoms with Crippen LogP contribution in [0.1, 0.15) is 40.5 Å². The zero-order valence-corrected chi connectivity index (χ0v) is 10.8. The van der Waals surface area contributed by atoms with Gasteiger partial charge in [-0.2, -0.15) is 5.10 Å². The van der Waals surface area contributed by atoms with Gasteiger partial charge in [0, 0.05) is 18.6 Å². The van der Waals surface area contributed by atoms with E-state index >= 15 is 0 Å². The van der Waals surface area contributed by atoms with Crippen molar-refractivity contribution in [3.8, 4) is 0 Å². The van der Waals surface area contributed by atoms with E-state index in [0.29, 0.717) is 12.1 Å². The summed E-state index contributed by atoms with van der Waals surface area (Å²) in [5.41, 5.74) is 0. The van der Waals surface area contributed by atoms with Gasteiger partial charge in [0.15, 0.2) is 0 Å². The Labute approximate surface area is 98.5 Å². The molecule has 1 N–H and O–H groups in total. The summed E-state index contributed by atoms with van der Waals surface area (Å²) in [6.45, 7) is 9.96. The molecule has 4 heteroatoms. The van der Waals surface area contributed by atoms with E-state index in [0.717, 1.165) is 18.9 Å². The van der Waals surface area contributed by atoms with Crippen LogP contribution < -0.4 is 5.32 Å². The molecule has 0 aliphatic carbocycles. The highest BCUT2D eigenvalue weighted by atomic mass is 15.3. The van der Waals surface area contributed by atoms with Gasteiger partial charge < -0.3 is 5.32 Å². The Bertz CT molecular complexity index is 271. The molecule has 1 heterocycles. The van der Waals surface area contributed by atoms with Crippen LogP contribution in [0, 0.1) is 5.92 Å². The van der Waals surface area contributed by atoms with Crippen LogP contribution in [0.4, 0.5) is 0 Å². The van der Waals surface area contributed by atoms with Crippen molar-refractivity contribution < 1.29 is 0 Å². The minimum Gasteiger partial charge on any atom is -0.311 e. The third kappa shape index (κ3) is 4.31. The Morgan fingerprint density at radius 1 is 1.31 bits per heavy atom. The standard InChI is InChI=1S/C12H24N4/c1-5-10(2)12(4)15-11(3)6-7-16-9-13-8-14-16/h8-12,15H,5-7H2,1-4H3. The highest BCUT2D eigenvalue weighted by molar-refractivity contribution is 4.72. The summed E-state index contributed by atoms with van der Waals surface area (Å²) >= 11 is 0. The molecule has 0 aliphatic heterocycles. The van der Waals surface area contributed by atoms with E-state index in [1.54, 1.807) is 12.7 Å². The van der Waals surface area contributed by atoms with Crippen molar-refractivity contribution in [3.63, 3.8) is 0 Å². The molecule has 0 radical (unpaired) electrons. The van der Waals surface area contributed by atoms with Gasteiger partial charge in [0.05, 0.1) is 0 Å². The van der Waals surface area contributed by atoms with Crippen molar-refractivity contribution >= 4 is 0 Å². The van der Waals surface area contributed by atoms with Gasteiger partial charge in [0.2, 0.25) is 0 Å². The van der Waals surface area contributed by atoms with E-state index < -0.39 is 0 Å². The third-order valence-corrected chi connectivity index (χ3v) is 3.30. The Kier molecular flexibility index (Phi) is 5.46. The van der Waals surface area contributed by atoms with Gasteiger partial charge in [0.1, 0.15) is 12.7 Å². The van der Waals surface area contributed by atoms with Gasteiger partial charge in [-0.3, -0.25) is 4.68 Å². The third-order valence-electron chi connectivity index (χ3n) is 3.30. The summed E-state index contributed by atoms with van der Waals surface area (Å²) in [5, 5.41) is 7.73. The lowest BCUT2D eigenvalue weighted by Gasteiger charge is -2.24. The van der Waals surface area contributed by atoms with Crippen molar-refractivity contribution in [3.05, 3.63) is 12.7 Å². The molecule has 0 bridgehead atoms. The molecule has 4 nitrogen and oxygen atoms in total. The van der Waals surface area contributed by atoms with Gasteiger partial charge in [-0.1, -0.05) is 20.3 Å². The molecule has 0 saturated heterocycles. The predicted octanol–water partition coefficient (Wildman–Crippen LogP) is 2.08. The quantitative estimate of drug-likeness (QED) is 0.771. The largest absolute Gasteiger partial charge is 0.311 e. The van der Waals surface area contributed by atoms with Crippen LogP contribution >= 0.6 is 0 Å². The topological polar surface area (TPSA) is 42.7 Å². The van der Waals surface area contributed by atoms with Crippen LogP contribution in [0.25, 0.3) is 0 Å². The molecule has 0 spiro atoms. The average molecular weight is 224 g/mol. The van der Waals surface area contributed by atoms with Crippen LogP contribution in [0.15, 0.2) is 12.7 Å². The molecule has 1 aromatic heterocycles. The molecule has 3 unspecified atom stereocenters. The molecule has 1 rings (SSSR count). The number of nitrogens with zero attached hydrogens (tertiary/aromatic N) is 3. The molecule has 0 saturated carbocycles. The van der Waals surface area contributed by atoms with E-state index in [4.69, 9.17) is 0 Å². The lowest BCUT2D eigenvalue weighted by molar-refractivity contribution is 0.338. The summed E-state index contributed by atoms with van der Waals surface area (Å²) in [4.78, 5) is 3.93. The molecule has 0 aliphatic rings. The second-order valence-corrected chi connectivity index (χ2v) is 4.69. The Hall–Kier alpha value is -0.900. The maximum atomic E-state index is 4.10.